The summed E-state index contributed by atoms with van der Waals surface area (Å²) >= 11 is 0. The summed E-state index contributed by atoms with van der Waals surface area (Å²) in [6.45, 7) is 0. The molecule has 0 bridgehead atoms. The van der Waals surface area contributed by atoms with E-state index in [1.165, 1.54) is 28.9 Å². The lowest BCUT2D eigenvalue weighted by atomic mass is 9.84. The molecule has 0 aromatic carbocycles. The number of nitro groups is 1. The van der Waals surface area contributed by atoms with Crippen molar-refractivity contribution in [2.45, 2.75) is 38.1 Å². The number of halogens is 1. The van der Waals surface area contributed by atoms with Gasteiger partial charge < -0.3 is 5.32 Å². The zero-order valence-corrected chi connectivity index (χ0v) is 15.5. The molecule has 0 aliphatic heterocycles. The summed E-state index contributed by atoms with van der Waals surface area (Å²) in [4.78, 5) is 23.6. The Morgan fingerprint density at radius 3 is 2.79 bits per heavy atom. The van der Waals surface area contributed by atoms with Crippen LogP contribution in [0.5, 0.6) is 0 Å². The van der Waals surface area contributed by atoms with E-state index in [9.17, 15) is 14.5 Å². The van der Waals surface area contributed by atoms with E-state index >= 15 is 0 Å². The van der Waals surface area contributed by atoms with Crippen LogP contribution in [0, 0.1) is 33.2 Å². The van der Waals surface area contributed by atoms with E-state index in [2.05, 4.69) is 26.3 Å². The van der Waals surface area contributed by atoms with Gasteiger partial charge in [0, 0.05) is 18.7 Å². The molecule has 1 fully saturated rings. The average molecular weight is 395 g/mol. The maximum atomic E-state index is 13.6. The van der Waals surface area contributed by atoms with Gasteiger partial charge in [0.2, 0.25) is 5.82 Å². The first-order chi connectivity index (χ1) is 14.0. The molecule has 3 aromatic rings. The molecule has 29 heavy (non-hydrogen) atoms. The summed E-state index contributed by atoms with van der Waals surface area (Å²) in [6, 6.07) is 5.07. The van der Waals surface area contributed by atoms with E-state index in [0.717, 1.165) is 31.9 Å². The van der Waals surface area contributed by atoms with Gasteiger partial charge in [-0.25, -0.2) is 19.3 Å². The number of hydrogen-bond acceptors (Lipinski definition) is 7. The molecular weight excluding hydrogens is 377 g/mol. The smallest absolute Gasteiger partial charge is 0.329 e. The van der Waals surface area contributed by atoms with Crippen molar-refractivity contribution in [1.82, 2.24) is 19.4 Å². The summed E-state index contributed by atoms with van der Waals surface area (Å²) in [5, 5.41) is 23.5. The lowest BCUT2D eigenvalue weighted by Crippen LogP contribution is -2.27. The third-order valence-electron chi connectivity index (χ3n) is 5.23. The SMILES string of the molecule is N#CCC1CCC(Nc2nc(-c3cnc4ccc(F)cn34)ncc2[N+](=O)[O-])CC1. The lowest BCUT2D eigenvalue weighted by Gasteiger charge is -2.28. The van der Waals surface area contributed by atoms with Crippen LogP contribution in [0.4, 0.5) is 15.9 Å². The first-order valence-corrected chi connectivity index (χ1v) is 9.33. The number of aromatic nitrogens is 4. The number of pyridine rings is 1. The molecule has 0 spiro atoms. The highest BCUT2D eigenvalue weighted by Gasteiger charge is 2.25. The fourth-order valence-corrected chi connectivity index (χ4v) is 3.69. The highest BCUT2D eigenvalue weighted by Crippen LogP contribution is 2.31. The summed E-state index contributed by atoms with van der Waals surface area (Å²) in [6.07, 6.45) is 7.87. The number of nitrogens with one attached hydrogen (secondary N) is 1. The van der Waals surface area contributed by atoms with Crippen molar-refractivity contribution in [3.63, 3.8) is 0 Å². The summed E-state index contributed by atoms with van der Waals surface area (Å²) in [7, 11) is 0. The molecule has 1 saturated carbocycles. The normalized spacial score (nSPS) is 19.0. The van der Waals surface area contributed by atoms with Gasteiger partial charge in [-0.05, 0) is 43.7 Å². The van der Waals surface area contributed by atoms with E-state index in [4.69, 9.17) is 5.26 Å². The molecule has 10 heteroatoms. The predicted octanol–water partition coefficient (Wildman–Crippen LogP) is 3.72. The first-order valence-electron chi connectivity index (χ1n) is 9.33. The number of nitrogens with zero attached hydrogens (tertiary/aromatic N) is 6. The third kappa shape index (κ3) is 3.85. The topological polar surface area (TPSA) is 122 Å². The molecule has 0 saturated heterocycles. The molecule has 3 aromatic heterocycles. The van der Waals surface area contributed by atoms with Crippen LogP contribution < -0.4 is 5.32 Å². The Morgan fingerprint density at radius 2 is 2.07 bits per heavy atom. The van der Waals surface area contributed by atoms with E-state index in [1.807, 2.05) is 0 Å². The maximum absolute atomic E-state index is 13.6. The fraction of sp³-hybridized carbons (Fsp3) is 0.368. The van der Waals surface area contributed by atoms with Gasteiger partial charge in [0.05, 0.1) is 17.2 Å². The minimum Gasteiger partial charge on any atom is -0.361 e. The monoisotopic (exact) mass is 395 g/mol. The van der Waals surface area contributed by atoms with Crippen molar-refractivity contribution in [1.29, 1.82) is 5.26 Å². The lowest BCUT2D eigenvalue weighted by molar-refractivity contribution is -0.384. The van der Waals surface area contributed by atoms with Crippen LogP contribution in [0.15, 0.2) is 30.7 Å². The first kappa shape index (κ1) is 18.7. The number of fused-ring (bicyclic) bond motifs is 1. The van der Waals surface area contributed by atoms with Gasteiger partial charge in [0.1, 0.15) is 23.4 Å². The number of imidazole rings is 1. The Labute approximate surface area is 165 Å². The maximum Gasteiger partial charge on any atom is 0.329 e. The number of hydrogen-bond donors (Lipinski definition) is 1. The molecule has 1 aliphatic carbocycles. The summed E-state index contributed by atoms with van der Waals surface area (Å²) in [5.41, 5.74) is 0.747. The van der Waals surface area contributed by atoms with Crippen molar-refractivity contribution >= 4 is 17.2 Å². The van der Waals surface area contributed by atoms with E-state index in [0.29, 0.717) is 23.7 Å². The Kier molecular flexibility index (Phi) is 5.03. The quantitative estimate of drug-likeness (QED) is 0.516. The molecule has 0 unspecified atom stereocenters. The van der Waals surface area contributed by atoms with Gasteiger partial charge in [0.15, 0.2) is 5.82 Å². The predicted molar refractivity (Wildman–Crippen MR) is 102 cm³/mol. The minimum atomic E-state index is -0.526. The molecule has 0 amide bonds. The molecule has 4 rings (SSSR count). The standard InChI is InChI=1S/C19H18FN7O2/c20-13-3-6-17-22-9-15(26(17)11-13)18-23-10-16(27(28)29)19(25-18)24-14-4-1-12(2-5-14)7-8-21/h3,6,9-12,14H,1-2,4-5,7H2,(H,23,24,25). The molecule has 9 nitrogen and oxygen atoms in total. The second-order valence-corrected chi connectivity index (χ2v) is 7.13. The van der Waals surface area contributed by atoms with Crippen LogP contribution >= 0.6 is 0 Å². The largest absolute Gasteiger partial charge is 0.361 e. The third-order valence-corrected chi connectivity index (χ3v) is 5.23. The van der Waals surface area contributed by atoms with E-state index in [1.54, 1.807) is 0 Å². The zero-order valence-electron chi connectivity index (χ0n) is 15.5. The van der Waals surface area contributed by atoms with Crippen LogP contribution in [0.3, 0.4) is 0 Å². The number of anilines is 1. The fourth-order valence-electron chi connectivity index (χ4n) is 3.69. The molecule has 0 atom stereocenters. The second kappa shape index (κ2) is 7.79. The molecule has 3 heterocycles. The zero-order chi connectivity index (χ0) is 20.4. The highest BCUT2D eigenvalue weighted by molar-refractivity contribution is 5.63. The van der Waals surface area contributed by atoms with Gasteiger partial charge in [-0.15, -0.1) is 0 Å². The average Bonchev–Trinajstić information content (AvgIpc) is 3.12. The Bertz CT molecular complexity index is 1100. The number of rotatable bonds is 5. The molecule has 1 aliphatic rings. The van der Waals surface area contributed by atoms with Crippen molar-refractivity contribution in [2.24, 2.45) is 5.92 Å². The number of nitriles is 1. The Hall–Kier alpha value is -3.61. The molecule has 0 radical (unpaired) electrons. The van der Waals surface area contributed by atoms with Crippen LogP contribution in [0.2, 0.25) is 0 Å². The van der Waals surface area contributed by atoms with Gasteiger partial charge in [0.25, 0.3) is 0 Å². The van der Waals surface area contributed by atoms with Gasteiger partial charge in [-0.3, -0.25) is 14.5 Å². The van der Waals surface area contributed by atoms with Crippen molar-refractivity contribution < 1.29 is 9.31 Å². The molecule has 1 N–H and O–H groups in total. The van der Waals surface area contributed by atoms with E-state index in [-0.39, 0.29) is 23.4 Å². The molecule has 148 valence electrons. The summed E-state index contributed by atoms with van der Waals surface area (Å²) in [5.74, 6) is 0.289. The Morgan fingerprint density at radius 1 is 1.28 bits per heavy atom. The van der Waals surface area contributed by atoms with Gasteiger partial charge in [-0.2, -0.15) is 5.26 Å². The highest BCUT2D eigenvalue weighted by atomic mass is 19.1. The second-order valence-electron chi connectivity index (χ2n) is 7.13. The van der Waals surface area contributed by atoms with E-state index < -0.39 is 10.7 Å². The van der Waals surface area contributed by atoms with Crippen LogP contribution in [-0.4, -0.2) is 30.3 Å². The van der Waals surface area contributed by atoms with Crippen molar-refractivity contribution in [3.05, 3.63) is 46.7 Å². The van der Waals surface area contributed by atoms with Crippen molar-refractivity contribution in [3.8, 4) is 17.6 Å². The van der Waals surface area contributed by atoms with Gasteiger partial charge >= 0.3 is 5.69 Å². The van der Waals surface area contributed by atoms with Crippen LogP contribution in [0.25, 0.3) is 17.2 Å². The Balaban J connectivity index is 1.64. The van der Waals surface area contributed by atoms with Crippen LogP contribution in [-0.2, 0) is 0 Å². The van der Waals surface area contributed by atoms with Gasteiger partial charge in [-0.1, -0.05) is 0 Å². The molecular formula is C19H18FN7O2. The summed E-state index contributed by atoms with van der Waals surface area (Å²) < 4.78 is 15.2. The minimum absolute atomic E-state index is 0.0334. The van der Waals surface area contributed by atoms with Crippen molar-refractivity contribution in [2.75, 3.05) is 5.32 Å². The van der Waals surface area contributed by atoms with Crippen LogP contribution in [0.1, 0.15) is 32.1 Å².